The molecule has 0 unspecified atom stereocenters. The van der Waals surface area contributed by atoms with E-state index in [1.807, 2.05) is 0 Å². The van der Waals surface area contributed by atoms with Crippen LogP contribution in [-0.2, 0) is 14.3 Å². The Balaban J connectivity index is 1.97. The Morgan fingerprint density at radius 2 is 1.84 bits per heavy atom. The zero-order valence-corrected chi connectivity index (χ0v) is 14.8. The van der Waals surface area contributed by atoms with Crippen LogP contribution in [0.3, 0.4) is 0 Å². The Morgan fingerprint density at radius 3 is 2.40 bits per heavy atom. The second-order valence-corrected chi connectivity index (χ2v) is 6.42. The van der Waals surface area contributed by atoms with Crippen molar-refractivity contribution in [3.8, 4) is 0 Å². The monoisotopic (exact) mass is 367 g/mol. The predicted molar refractivity (Wildman–Crippen MR) is 92.9 cm³/mol. The topological polar surface area (TPSA) is 102 Å². The van der Waals surface area contributed by atoms with Gasteiger partial charge in [-0.05, 0) is 37.5 Å². The molecule has 3 amide bonds. The van der Waals surface area contributed by atoms with Gasteiger partial charge in [0.1, 0.15) is 0 Å². The Bertz CT molecular complexity index is 629. The van der Waals surface area contributed by atoms with E-state index in [0.717, 1.165) is 12.8 Å². The van der Waals surface area contributed by atoms with Crippen molar-refractivity contribution in [2.75, 3.05) is 13.1 Å². The normalized spacial score (nSPS) is 16.2. The molecule has 1 aromatic carbocycles. The van der Waals surface area contributed by atoms with Gasteiger partial charge in [-0.3, -0.25) is 9.59 Å². The Morgan fingerprint density at radius 1 is 1.24 bits per heavy atom. The molecule has 1 saturated heterocycles. The average Bonchev–Trinajstić information content (AvgIpc) is 3.08. The van der Waals surface area contributed by atoms with E-state index in [-0.39, 0.29) is 12.3 Å². The molecule has 0 bridgehead atoms. The molecule has 1 aliphatic rings. The van der Waals surface area contributed by atoms with Crippen LogP contribution in [0.2, 0.25) is 5.02 Å². The summed E-state index contributed by atoms with van der Waals surface area (Å²) < 4.78 is 5.23. The second-order valence-electron chi connectivity index (χ2n) is 5.98. The van der Waals surface area contributed by atoms with Crippen molar-refractivity contribution >= 4 is 29.5 Å². The van der Waals surface area contributed by atoms with Crippen LogP contribution in [0.4, 0.5) is 4.79 Å². The van der Waals surface area contributed by atoms with Gasteiger partial charge in [0, 0.05) is 18.1 Å². The number of rotatable bonds is 6. The molecule has 1 aliphatic heterocycles. The predicted octanol–water partition coefficient (Wildman–Crippen LogP) is 1.99. The summed E-state index contributed by atoms with van der Waals surface area (Å²) >= 11 is 5.85. The van der Waals surface area contributed by atoms with Gasteiger partial charge in [-0.25, -0.2) is 4.79 Å². The van der Waals surface area contributed by atoms with E-state index in [1.165, 1.54) is 0 Å². The smallest absolute Gasteiger partial charge is 0.312 e. The van der Waals surface area contributed by atoms with Gasteiger partial charge in [-0.15, -0.1) is 0 Å². The van der Waals surface area contributed by atoms with Gasteiger partial charge in [0.15, 0.2) is 6.10 Å². The summed E-state index contributed by atoms with van der Waals surface area (Å²) in [6, 6.07) is 5.27. The summed E-state index contributed by atoms with van der Waals surface area (Å²) in [6.45, 7) is 2.94. The van der Waals surface area contributed by atoms with E-state index in [1.54, 1.807) is 36.1 Å². The van der Waals surface area contributed by atoms with Gasteiger partial charge in [-0.2, -0.15) is 0 Å². The summed E-state index contributed by atoms with van der Waals surface area (Å²) in [4.78, 5) is 37.3. The number of halogens is 1. The van der Waals surface area contributed by atoms with E-state index in [4.69, 9.17) is 22.1 Å². The number of primary amides is 1. The zero-order valence-electron chi connectivity index (χ0n) is 14.0. The van der Waals surface area contributed by atoms with Crippen LogP contribution >= 0.6 is 11.6 Å². The van der Waals surface area contributed by atoms with Crippen LogP contribution in [-0.4, -0.2) is 42.0 Å². The van der Waals surface area contributed by atoms with Crippen LogP contribution in [0.25, 0.3) is 0 Å². The summed E-state index contributed by atoms with van der Waals surface area (Å²) in [5.74, 6) is -0.787. The molecule has 1 aromatic rings. The summed E-state index contributed by atoms with van der Waals surface area (Å²) in [5.41, 5.74) is 5.84. The van der Waals surface area contributed by atoms with E-state index in [9.17, 15) is 14.4 Å². The number of hydrogen-bond donors (Lipinski definition) is 2. The first-order valence-electron chi connectivity index (χ1n) is 8.16. The highest BCUT2D eigenvalue weighted by molar-refractivity contribution is 6.30. The number of carbonyl (C=O) groups excluding carboxylic acids is 3. The molecule has 2 rings (SSSR count). The number of likely N-dealkylation sites (tertiary alicyclic amines) is 1. The molecular formula is C17H22ClN3O4. The zero-order chi connectivity index (χ0) is 18.4. The van der Waals surface area contributed by atoms with Crippen LogP contribution in [0.15, 0.2) is 24.3 Å². The molecule has 0 aliphatic carbocycles. The molecule has 7 nitrogen and oxygen atoms in total. The molecule has 1 fully saturated rings. The molecule has 25 heavy (non-hydrogen) atoms. The first-order valence-corrected chi connectivity index (χ1v) is 8.54. The highest BCUT2D eigenvalue weighted by Gasteiger charge is 2.27. The maximum Gasteiger partial charge on any atom is 0.312 e. The van der Waals surface area contributed by atoms with E-state index >= 15 is 0 Å². The third-order valence-corrected chi connectivity index (χ3v) is 4.29. The number of esters is 1. The van der Waals surface area contributed by atoms with Crippen LogP contribution < -0.4 is 11.1 Å². The van der Waals surface area contributed by atoms with Crippen molar-refractivity contribution in [2.24, 2.45) is 5.73 Å². The minimum absolute atomic E-state index is 0.137. The SMILES string of the molecule is C[C@@H](OC(=O)C[C@@H](NC(N)=O)c1ccc(Cl)cc1)C(=O)N1CCCC1. The fourth-order valence-electron chi connectivity index (χ4n) is 2.78. The fraction of sp³-hybridized carbons (Fsp3) is 0.471. The van der Waals surface area contributed by atoms with Gasteiger partial charge >= 0.3 is 12.0 Å². The Kier molecular flexibility index (Phi) is 6.64. The standard InChI is InChI=1S/C17H22ClN3O4/c1-11(16(23)21-8-2-3-9-21)25-15(22)10-14(20-17(19)24)12-4-6-13(18)7-5-12/h4-7,11,14H,2-3,8-10H2,1H3,(H3,19,20,24)/t11-,14-/m1/s1. The maximum absolute atomic E-state index is 12.2. The highest BCUT2D eigenvalue weighted by atomic mass is 35.5. The van der Waals surface area contributed by atoms with Crippen LogP contribution in [0.1, 0.15) is 37.8 Å². The fourth-order valence-corrected chi connectivity index (χ4v) is 2.90. The lowest BCUT2D eigenvalue weighted by Crippen LogP contribution is -2.39. The lowest BCUT2D eigenvalue weighted by Gasteiger charge is -2.22. The third kappa shape index (κ3) is 5.63. The second kappa shape index (κ2) is 8.71. The molecule has 0 radical (unpaired) electrons. The van der Waals surface area contributed by atoms with E-state index in [0.29, 0.717) is 23.7 Å². The van der Waals surface area contributed by atoms with Crippen molar-refractivity contribution < 1.29 is 19.1 Å². The number of nitrogens with two attached hydrogens (primary N) is 1. The van der Waals surface area contributed by atoms with Crippen molar-refractivity contribution in [1.82, 2.24) is 10.2 Å². The number of carbonyl (C=O) groups is 3. The first kappa shape index (κ1) is 19.1. The Labute approximate surface area is 151 Å². The van der Waals surface area contributed by atoms with Crippen LogP contribution in [0.5, 0.6) is 0 Å². The molecule has 1 heterocycles. The molecule has 0 spiro atoms. The van der Waals surface area contributed by atoms with Crippen LogP contribution in [0, 0.1) is 0 Å². The number of benzene rings is 1. The lowest BCUT2D eigenvalue weighted by atomic mass is 10.0. The average molecular weight is 368 g/mol. The maximum atomic E-state index is 12.2. The van der Waals surface area contributed by atoms with E-state index in [2.05, 4.69) is 5.32 Å². The van der Waals surface area contributed by atoms with Crippen molar-refractivity contribution in [3.63, 3.8) is 0 Å². The van der Waals surface area contributed by atoms with Crippen molar-refractivity contribution in [1.29, 1.82) is 0 Å². The van der Waals surface area contributed by atoms with Crippen molar-refractivity contribution in [2.45, 2.75) is 38.3 Å². The lowest BCUT2D eigenvalue weighted by molar-refractivity contribution is -0.159. The van der Waals surface area contributed by atoms with Gasteiger partial charge in [0.25, 0.3) is 5.91 Å². The molecule has 0 aromatic heterocycles. The van der Waals surface area contributed by atoms with E-state index < -0.39 is 24.1 Å². The van der Waals surface area contributed by atoms with Gasteiger partial charge in [0.2, 0.25) is 0 Å². The molecule has 8 heteroatoms. The number of hydrogen-bond acceptors (Lipinski definition) is 4. The summed E-state index contributed by atoms with van der Waals surface area (Å²) in [6.07, 6.45) is 0.939. The molecule has 3 N–H and O–H groups in total. The van der Waals surface area contributed by atoms with Gasteiger partial charge in [0.05, 0.1) is 12.5 Å². The molecule has 2 atom stereocenters. The van der Waals surface area contributed by atoms with Gasteiger partial charge < -0.3 is 20.7 Å². The summed E-state index contributed by atoms with van der Waals surface area (Å²) in [5, 5.41) is 3.04. The Hall–Kier alpha value is -2.28. The molecular weight excluding hydrogens is 346 g/mol. The summed E-state index contributed by atoms with van der Waals surface area (Å²) in [7, 11) is 0. The number of amides is 3. The minimum atomic E-state index is -0.856. The largest absolute Gasteiger partial charge is 0.452 e. The highest BCUT2D eigenvalue weighted by Crippen LogP contribution is 2.20. The number of nitrogens with one attached hydrogen (secondary N) is 1. The number of nitrogens with zero attached hydrogens (tertiary/aromatic N) is 1. The third-order valence-electron chi connectivity index (χ3n) is 4.03. The first-order chi connectivity index (χ1) is 11.9. The number of ether oxygens (including phenoxy) is 1. The quantitative estimate of drug-likeness (QED) is 0.750. The number of urea groups is 1. The molecule has 0 saturated carbocycles. The van der Waals surface area contributed by atoms with Gasteiger partial charge in [-0.1, -0.05) is 23.7 Å². The van der Waals surface area contributed by atoms with Crippen molar-refractivity contribution in [3.05, 3.63) is 34.9 Å². The molecule has 136 valence electrons. The minimum Gasteiger partial charge on any atom is -0.452 e.